The van der Waals surface area contributed by atoms with Crippen molar-refractivity contribution in [2.45, 2.75) is 118 Å². The van der Waals surface area contributed by atoms with Gasteiger partial charge in [0.1, 0.15) is 30.3 Å². The number of nitrogens with two attached hydrogens (primary N) is 4. The molecule has 0 saturated heterocycles. The number of aromatic amines is 4. The molecule has 0 aliphatic carbocycles. The number of carbonyl (C=O) groups excluding carboxylic acids is 12. The van der Waals surface area contributed by atoms with Crippen LogP contribution in [0, 0.1) is 61.3 Å². The Balaban J connectivity index is 0.630. The van der Waals surface area contributed by atoms with Crippen LogP contribution >= 0.6 is 0 Å². The van der Waals surface area contributed by atoms with E-state index < -0.39 is 95.7 Å². The number of benzene rings is 4. The van der Waals surface area contributed by atoms with Crippen molar-refractivity contribution in [2.75, 3.05) is 165 Å². The quantitative estimate of drug-likeness (QED) is 0.0129. The minimum atomic E-state index is -1.22. The van der Waals surface area contributed by atoms with Crippen molar-refractivity contribution in [3.63, 3.8) is 0 Å². The van der Waals surface area contributed by atoms with E-state index in [0.717, 1.165) is 81.7 Å². The summed E-state index contributed by atoms with van der Waals surface area (Å²) >= 11 is 0. The van der Waals surface area contributed by atoms with Gasteiger partial charge in [-0.3, -0.25) is 43.2 Å². The number of fused-ring (bicyclic) bond motifs is 4. The highest BCUT2D eigenvalue weighted by Gasteiger charge is 2.43. The zero-order valence-corrected chi connectivity index (χ0v) is 79.6. The van der Waals surface area contributed by atoms with Gasteiger partial charge in [0.15, 0.2) is 11.6 Å². The number of carbonyl (C=O) groups is 12. The molecule has 4 aromatic carbocycles. The third-order valence-electron chi connectivity index (χ3n) is 23.7. The van der Waals surface area contributed by atoms with Gasteiger partial charge in [0.05, 0.1) is 143 Å². The molecule has 0 radical (unpaired) electrons. The summed E-state index contributed by atoms with van der Waals surface area (Å²) in [5, 5.41) is 13.5. The molecule has 0 fully saturated rings. The molecule has 8 aromatic rings. The van der Waals surface area contributed by atoms with E-state index in [1.807, 2.05) is 79.7 Å². The van der Waals surface area contributed by atoms with E-state index in [1.54, 1.807) is 121 Å². The number of nitrogens with one attached hydrogen (secondary N) is 9. The normalized spacial score (nSPS) is 15.8. The third-order valence-corrected chi connectivity index (χ3v) is 23.7. The van der Waals surface area contributed by atoms with Crippen molar-refractivity contribution in [3.8, 4) is 0 Å². The molecule has 13 amide bonds. The average molecular weight is 1910 g/mol. The topological polar surface area (TPSA) is 528 Å². The van der Waals surface area contributed by atoms with E-state index in [9.17, 15) is 57.5 Å². The van der Waals surface area contributed by atoms with Crippen LogP contribution in [0.2, 0.25) is 0 Å². The smallest absolute Gasteiger partial charge is 0.329 e. The van der Waals surface area contributed by atoms with Crippen LogP contribution in [0.4, 0.5) is 37.1 Å². The Morgan fingerprint density at radius 2 is 0.640 bits per heavy atom. The van der Waals surface area contributed by atoms with Crippen LogP contribution in [0.5, 0.6) is 0 Å². The summed E-state index contributed by atoms with van der Waals surface area (Å²) in [7, 11) is 0. The first-order valence-corrected chi connectivity index (χ1v) is 46.5. The number of nitrogens with zero attached hydrogens (tertiary/aromatic N) is 4. The molecular weight excluding hydrogens is 1790 g/mol. The average Bonchev–Trinajstić information content (AvgIpc) is 1.63. The molecule has 38 heteroatoms. The molecule has 0 spiro atoms. The lowest BCUT2D eigenvalue weighted by Gasteiger charge is -2.22. The summed E-state index contributed by atoms with van der Waals surface area (Å²) < 4.78 is 54.5. The lowest BCUT2D eigenvalue weighted by molar-refractivity contribution is -0.130. The minimum absolute atomic E-state index is 0.0150. The van der Waals surface area contributed by atoms with Crippen LogP contribution in [-0.4, -0.2) is 266 Å². The Morgan fingerprint density at radius 3 is 0.971 bits per heavy atom. The van der Waals surface area contributed by atoms with Crippen LogP contribution in [0.15, 0.2) is 121 Å². The Labute approximate surface area is 805 Å². The number of Topliss-reactive ketones (excluding diaryl/α,β-unsaturated/α-hetero) is 2. The molecule has 4 aliphatic heterocycles. The lowest BCUT2D eigenvalue weighted by atomic mass is 10.0. The van der Waals surface area contributed by atoms with Crippen molar-refractivity contribution >= 4 is 140 Å². The van der Waals surface area contributed by atoms with E-state index in [1.165, 1.54) is 0 Å². The molecule has 38 nitrogen and oxygen atoms in total. The van der Waals surface area contributed by atoms with Gasteiger partial charge in [-0.2, -0.15) is 0 Å². The monoisotopic (exact) mass is 1910 g/mol. The molecule has 0 saturated carbocycles. The number of anilines is 4. The zero-order valence-electron chi connectivity index (χ0n) is 79.6. The van der Waals surface area contributed by atoms with Crippen LogP contribution in [0.3, 0.4) is 0 Å². The van der Waals surface area contributed by atoms with Crippen LogP contribution in [-0.2, 0) is 85.8 Å². The number of rotatable bonds is 53. The van der Waals surface area contributed by atoms with Crippen LogP contribution in [0.25, 0.3) is 46.6 Å². The second kappa shape index (κ2) is 50.8. The number of ketones is 2. The maximum Gasteiger partial charge on any atom is 0.329 e. The standard InChI is InChI=1S/C101H125N17O21/c1-60-43-64(5)108-79(60)48-75-71-19-9-13-23-86(71)115(95(75)124)92(121)47-68(52-102)93(122)106-29-33-133-35-37-135-56-69(138-41-39-131-31-17-27-90(119)83(53-103)112-99(128)116-87-24-14-10-20-72(87)76(96(116)125)49-80-61(2)44-65(6)109-80)58-137-59-70(139-42-40-132-32-18-28-91(120)84(54-104)113-100(129)117-88-25-15-11-21-73(88)77(97(117)126)50-81-62(3)45-66(7)110-81)57-136-38-36-134-34-30-107-94(123)85(55-105)114-101(130)118-89-26-16-12-22-74(89)78(98(118)127)51-82-63(4)46-67(8)111-82/h9-16,19-26,43-46,48-51,68-70,83-85,108-111H,17-18,27-42,47,52-59,102-105H2,1-8H3,(H,106,122)(H,107,123)(H,112,128)(H,113,129)(H,114,130)/b75-48-,76-49-,77-50-,78-51-. The summed E-state index contributed by atoms with van der Waals surface area (Å²) in [4.78, 5) is 183. The number of amides is 13. The van der Waals surface area contributed by atoms with Gasteiger partial charge in [-0.05, 0) is 163 Å². The number of H-pyrrole nitrogens is 4. The minimum Gasteiger partial charge on any atom is -0.379 e. The highest BCUT2D eigenvalue weighted by atomic mass is 16.6. The summed E-state index contributed by atoms with van der Waals surface area (Å²) in [5.41, 5.74) is 39.4. The first-order valence-electron chi connectivity index (χ1n) is 46.5. The molecular formula is C101H125N17O21. The Kier molecular flexibility index (Phi) is 38.3. The zero-order chi connectivity index (χ0) is 99.3. The molecule has 6 unspecified atom stereocenters. The highest BCUT2D eigenvalue weighted by Crippen LogP contribution is 2.43. The molecule has 17 N–H and O–H groups in total. The summed E-state index contributed by atoms with van der Waals surface area (Å²) in [6, 6.07) is 29.5. The van der Waals surface area contributed by atoms with Crippen LogP contribution < -0.4 is 69.1 Å². The molecule has 4 aromatic heterocycles. The van der Waals surface area contributed by atoms with E-state index in [0.29, 0.717) is 73.0 Å². The maximum absolute atomic E-state index is 14.0. The van der Waals surface area contributed by atoms with Crippen molar-refractivity contribution in [3.05, 3.63) is 211 Å². The Hall–Kier alpha value is -13.3. The fourth-order valence-electron chi connectivity index (χ4n) is 16.6. The van der Waals surface area contributed by atoms with E-state index in [-0.39, 0.29) is 189 Å². The summed E-state index contributed by atoms with van der Waals surface area (Å²) in [5.74, 6) is -5.63. The third kappa shape index (κ3) is 27.2. The lowest BCUT2D eigenvalue weighted by Crippen LogP contribution is -2.55. The van der Waals surface area contributed by atoms with E-state index in [4.69, 9.17) is 65.6 Å². The van der Waals surface area contributed by atoms with E-state index >= 15 is 0 Å². The van der Waals surface area contributed by atoms with Gasteiger partial charge in [-0.25, -0.2) is 34.0 Å². The SMILES string of the molecule is Cc1cc(C)c(/C=C2\C(=O)N(C(=O)CC(CN)C(=O)NCCOCCOCC(COCC(COCCOCCNC(=O)C(CN)NC(=O)N3C(=O)/C(=C\c4[nH]c(C)cc4C)c4ccccc43)OCCOCCCC(=O)C(CN)NC(=O)N3C(=O)/C(=C\c4[nH]c(C)cc4C)c4ccccc43)OCCOCCCC(=O)C(CN)NC(=O)N3C(=O)/C(=C\c4[nH]c(C)cc4C)c4ccccc43)c3ccccc32)[nH]1. The number of urea groups is 3. The van der Waals surface area contributed by atoms with Gasteiger partial charge in [0.25, 0.3) is 23.6 Å². The number of hydrogen-bond donors (Lipinski definition) is 13. The predicted octanol–water partition coefficient (Wildman–Crippen LogP) is 7.54. The van der Waals surface area contributed by atoms with Gasteiger partial charge >= 0.3 is 18.1 Å². The second-order valence-electron chi connectivity index (χ2n) is 34.1. The fraction of sp³-hybridized carbons (Fsp3) is 0.406. The molecule has 12 rings (SSSR count). The molecule has 4 aliphatic rings. The van der Waals surface area contributed by atoms with Gasteiger partial charge < -0.3 is 112 Å². The van der Waals surface area contributed by atoms with Gasteiger partial charge in [-0.1, -0.05) is 72.8 Å². The number of aromatic nitrogens is 4. The second-order valence-corrected chi connectivity index (χ2v) is 34.1. The number of ether oxygens (including phenoxy) is 9. The van der Waals surface area contributed by atoms with Crippen molar-refractivity contribution in [2.24, 2.45) is 28.9 Å². The molecule has 6 atom stereocenters. The first-order chi connectivity index (χ1) is 67.1. The van der Waals surface area contributed by atoms with Gasteiger partial charge in [0.2, 0.25) is 17.7 Å². The maximum atomic E-state index is 14.0. The molecule has 139 heavy (non-hydrogen) atoms. The number of imide groups is 4. The summed E-state index contributed by atoms with van der Waals surface area (Å²) in [6.45, 7) is 15.0. The van der Waals surface area contributed by atoms with Gasteiger partial charge in [-0.15, -0.1) is 0 Å². The fourth-order valence-corrected chi connectivity index (χ4v) is 16.6. The van der Waals surface area contributed by atoms with Crippen molar-refractivity contribution < 1.29 is 100 Å². The Bertz CT molecular complexity index is 5530. The van der Waals surface area contributed by atoms with Crippen molar-refractivity contribution in [1.29, 1.82) is 0 Å². The number of para-hydroxylation sites is 4. The first kappa shape index (κ1) is 105. The molecule has 740 valence electrons. The highest BCUT2D eigenvalue weighted by molar-refractivity contribution is 6.45. The molecule has 8 heterocycles. The van der Waals surface area contributed by atoms with E-state index in [2.05, 4.69) is 46.5 Å². The predicted molar refractivity (Wildman–Crippen MR) is 524 cm³/mol. The number of aryl methyl sites for hydroxylation is 8. The van der Waals surface area contributed by atoms with Crippen molar-refractivity contribution in [1.82, 2.24) is 46.5 Å². The van der Waals surface area contributed by atoms with Gasteiger partial charge in [0, 0.05) is 140 Å². The Morgan fingerprint density at radius 1 is 0.345 bits per heavy atom. The molecule has 0 bridgehead atoms. The summed E-state index contributed by atoms with van der Waals surface area (Å²) in [6.07, 6.45) is 5.48. The largest absolute Gasteiger partial charge is 0.379 e. The van der Waals surface area contributed by atoms with Crippen LogP contribution in [0.1, 0.15) is 122 Å². The number of hydrogen-bond acceptors (Lipinski definition) is 25.